The van der Waals surface area contributed by atoms with Gasteiger partial charge in [0.2, 0.25) is 5.78 Å². The van der Waals surface area contributed by atoms with Gasteiger partial charge < -0.3 is 0 Å². The van der Waals surface area contributed by atoms with Crippen LogP contribution in [0.4, 0.5) is 0 Å². The Kier molecular flexibility index (Phi) is 6.49. The summed E-state index contributed by atoms with van der Waals surface area (Å²) >= 11 is 3.25. The molecule has 0 saturated carbocycles. The van der Waals surface area contributed by atoms with Gasteiger partial charge in [0.25, 0.3) is 0 Å². The van der Waals surface area contributed by atoms with Gasteiger partial charge in [-0.25, -0.2) is 0 Å². The summed E-state index contributed by atoms with van der Waals surface area (Å²) in [5.74, 6) is 6.33. The molecule has 4 rings (SSSR count). The van der Waals surface area contributed by atoms with E-state index in [2.05, 4.69) is 84.6 Å². The summed E-state index contributed by atoms with van der Waals surface area (Å²) in [5.41, 5.74) is 4.24. The Morgan fingerprint density at radius 3 is 1.70 bits per heavy atom. The second-order valence-electron chi connectivity index (χ2n) is 6.71. The maximum atomic E-state index is 12.3. The van der Waals surface area contributed by atoms with Gasteiger partial charge in [-0.15, -0.1) is 11.8 Å². The fraction of sp³-hybridized carbons (Fsp3) is 0.0741. The Morgan fingerprint density at radius 1 is 0.767 bits per heavy atom. The van der Waals surface area contributed by atoms with Gasteiger partial charge in [0.05, 0.1) is 10.5 Å². The molecular weight excluding hydrogens is 404 g/mol. The number of ketones is 1. The molecule has 0 bridgehead atoms. The summed E-state index contributed by atoms with van der Waals surface area (Å²) in [4.78, 5) is 12.3. The van der Waals surface area contributed by atoms with Crippen LogP contribution in [-0.2, 0) is 4.75 Å². The Bertz CT molecular complexity index is 1040. The average molecular weight is 425 g/mol. The van der Waals surface area contributed by atoms with E-state index in [-0.39, 0.29) is 5.78 Å². The normalized spacial score (nSPS) is 10.8. The average Bonchev–Trinajstić information content (AvgIpc) is 3.36. The maximum absolute atomic E-state index is 12.3. The van der Waals surface area contributed by atoms with Crippen LogP contribution in [0.25, 0.3) is 0 Å². The molecule has 0 radical (unpaired) electrons. The van der Waals surface area contributed by atoms with E-state index < -0.39 is 4.75 Å². The van der Waals surface area contributed by atoms with Gasteiger partial charge in [0.15, 0.2) is 0 Å². The van der Waals surface area contributed by atoms with E-state index in [1.54, 1.807) is 11.8 Å². The number of hydrogen-bond donors (Lipinski definition) is 0. The van der Waals surface area contributed by atoms with Gasteiger partial charge in [-0.3, -0.25) is 4.79 Å². The molecule has 30 heavy (non-hydrogen) atoms. The van der Waals surface area contributed by atoms with Crippen LogP contribution >= 0.6 is 23.1 Å². The van der Waals surface area contributed by atoms with Crippen molar-refractivity contribution in [3.8, 4) is 11.8 Å². The van der Waals surface area contributed by atoms with Crippen molar-refractivity contribution in [2.45, 2.75) is 4.75 Å². The van der Waals surface area contributed by atoms with E-state index in [4.69, 9.17) is 0 Å². The highest BCUT2D eigenvalue weighted by Crippen LogP contribution is 2.48. The third kappa shape index (κ3) is 4.26. The van der Waals surface area contributed by atoms with Crippen LogP contribution in [0.5, 0.6) is 0 Å². The van der Waals surface area contributed by atoms with E-state index in [0.717, 1.165) is 0 Å². The van der Waals surface area contributed by atoms with Crippen LogP contribution < -0.4 is 0 Å². The number of carbonyl (C=O) groups excluding carboxylic acids is 1. The summed E-state index contributed by atoms with van der Waals surface area (Å²) < 4.78 is -0.413. The van der Waals surface area contributed by atoms with E-state index in [9.17, 15) is 4.79 Å². The summed E-state index contributed by atoms with van der Waals surface area (Å²) in [5, 5.41) is 3.74. The molecule has 4 aromatic rings. The van der Waals surface area contributed by atoms with Crippen LogP contribution in [0, 0.1) is 11.8 Å². The minimum Gasteiger partial charge on any atom is -0.279 e. The zero-order chi connectivity index (χ0) is 20.7. The predicted molar refractivity (Wildman–Crippen MR) is 128 cm³/mol. The first-order valence-corrected chi connectivity index (χ1v) is 11.6. The van der Waals surface area contributed by atoms with Gasteiger partial charge in [-0.2, -0.15) is 11.3 Å². The molecule has 0 amide bonds. The molecule has 1 heterocycles. The minimum absolute atomic E-state index is 0.124. The van der Waals surface area contributed by atoms with Crippen molar-refractivity contribution in [1.82, 2.24) is 0 Å². The van der Waals surface area contributed by atoms with E-state index in [1.165, 1.54) is 28.0 Å². The van der Waals surface area contributed by atoms with Crippen LogP contribution in [-0.4, -0.2) is 11.5 Å². The lowest BCUT2D eigenvalue weighted by atomic mass is 9.84. The van der Waals surface area contributed by atoms with E-state index in [0.29, 0.717) is 11.3 Å². The summed E-state index contributed by atoms with van der Waals surface area (Å²) in [6.45, 7) is 0. The highest BCUT2D eigenvalue weighted by atomic mass is 32.2. The lowest BCUT2D eigenvalue weighted by molar-refractivity contribution is 0.105. The number of carbonyl (C=O) groups is 1. The van der Waals surface area contributed by atoms with Crippen LogP contribution in [0.15, 0.2) is 108 Å². The first-order chi connectivity index (χ1) is 14.8. The molecule has 0 unspecified atom stereocenters. The van der Waals surface area contributed by atoms with E-state index >= 15 is 0 Å². The van der Waals surface area contributed by atoms with Gasteiger partial charge >= 0.3 is 0 Å². The lowest BCUT2D eigenvalue weighted by Crippen LogP contribution is -2.26. The molecule has 1 nitrogen and oxygen atoms in total. The highest BCUT2D eigenvalue weighted by molar-refractivity contribution is 8.00. The molecule has 0 atom stereocenters. The van der Waals surface area contributed by atoms with Gasteiger partial charge in [-0.05, 0) is 34.1 Å². The molecule has 3 heteroatoms. The SMILES string of the molecule is O=C(C#CCSC(c1ccccc1)(c1ccccc1)c1ccccc1)c1ccsc1. The molecule has 0 spiro atoms. The first-order valence-electron chi connectivity index (χ1n) is 9.66. The second kappa shape index (κ2) is 9.63. The number of rotatable bonds is 6. The Morgan fingerprint density at radius 2 is 1.27 bits per heavy atom. The van der Waals surface area contributed by atoms with Crippen molar-refractivity contribution >= 4 is 28.9 Å². The number of hydrogen-bond acceptors (Lipinski definition) is 3. The minimum atomic E-state index is -0.413. The van der Waals surface area contributed by atoms with E-state index in [1.807, 2.05) is 35.0 Å². The lowest BCUT2D eigenvalue weighted by Gasteiger charge is -2.35. The monoisotopic (exact) mass is 424 g/mol. The molecule has 3 aromatic carbocycles. The number of thiophene rings is 1. The fourth-order valence-corrected chi connectivity index (χ4v) is 5.40. The fourth-order valence-electron chi connectivity index (χ4n) is 3.50. The summed E-state index contributed by atoms with van der Waals surface area (Å²) in [6, 6.07) is 33.3. The maximum Gasteiger partial charge on any atom is 0.236 e. The molecular formula is C27H20OS2. The topological polar surface area (TPSA) is 17.1 Å². The van der Waals surface area contributed by atoms with Crippen molar-refractivity contribution in [1.29, 1.82) is 0 Å². The standard InChI is InChI=1S/C27H20OS2/c28-26(22-18-20-29-21-22)17-10-19-30-27(23-11-4-1-5-12-23,24-13-6-2-7-14-24)25-15-8-3-9-16-25/h1-9,11-16,18,20-21H,19H2. The zero-order valence-corrected chi connectivity index (χ0v) is 18.0. The summed E-state index contributed by atoms with van der Waals surface area (Å²) in [7, 11) is 0. The Balaban J connectivity index is 1.75. The third-order valence-corrected chi connectivity index (χ3v) is 7.00. The molecule has 0 N–H and O–H groups in total. The van der Waals surface area contributed by atoms with Gasteiger partial charge in [0, 0.05) is 10.9 Å². The third-order valence-electron chi connectivity index (χ3n) is 4.89. The number of benzene rings is 3. The van der Waals surface area contributed by atoms with Crippen molar-refractivity contribution in [2.24, 2.45) is 0 Å². The zero-order valence-electron chi connectivity index (χ0n) is 16.3. The predicted octanol–water partition coefficient (Wildman–Crippen LogP) is 6.66. The van der Waals surface area contributed by atoms with Crippen LogP contribution in [0.3, 0.4) is 0 Å². The Labute approximate surface area is 185 Å². The van der Waals surface area contributed by atoms with Crippen molar-refractivity contribution in [2.75, 3.05) is 5.75 Å². The van der Waals surface area contributed by atoms with Crippen LogP contribution in [0.1, 0.15) is 27.0 Å². The second-order valence-corrected chi connectivity index (χ2v) is 8.68. The molecule has 1 aromatic heterocycles. The van der Waals surface area contributed by atoms with Gasteiger partial charge in [-0.1, -0.05) is 96.9 Å². The highest BCUT2D eigenvalue weighted by Gasteiger charge is 2.36. The van der Waals surface area contributed by atoms with Crippen LogP contribution in [0.2, 0.25) is 0 Å². The van der Waals surface area contributed by atoms with Crippen molar-refractivity contribution < 1.29 is 4.79 Å². The number of thioether (sulfide) groups is 1. The van der Waals surface area contributed by atoms with Crippen molar-refractivity contribution in [3.63, 3.8) is 0 Å². The molecule has 0 fully saturated rings. The quantitative estimate of drug-likeness (QED) is 0.149. The molecule has 0 aliphatic rings. The molecule has 0 saturated heterocycles. The molecule has 146 valence electrons. The molecule has 0 aliphatic heterocycles. The number of Topliss-reactive ketones (excluding diaryl/α,β-unsaturated/α-hetero) is 1. The van der Waals surface area contributed by atoms with Crippen molar-refractivity contribution in [3.05, 3.63) is 130 Å². The summed E-state index contributed by atoms with van der Waals surface area (Å²) in [6.07, 6.45) is 0. The molecule has 0 aliphatic carbocycles. The largest absolute Gasteiger partial charge is 0.279 e. The first kappa shape index (κ1) is 20.2. The Hall–Kier alpha value is -3.06. The smallest absolute Gasteiger partial charge is 0.236 e. The van der Waals surface area contributed by atoms with Gasteiger partial charge in [0.1, 0.15) is 0 Å².